The first-order valence-electron chi connectivity index (χ1n) is 6.17. The van der Waals surface area contributed by atoms with Crippen molar-refractivity contribution in [1.29, 1.82) is 5.26 Å². The molecule has 0 aliphatic heterocycles. The molecule has 0 aromatic heterocycles. The molecule has 1 atom stereocenters. The van der Waals surface area contributed by atoms with E-state index in [0.29, 0.717) is 11.4 Å². The Bertz CT molecular complexity index is 578. The Morgan fingerprint density at radius 1 is 1.33 bits per heavy atom. The van der Waals surface area contributed by atoms with Crippen molar-refractivity contribution >= 4 is 22.7 Å². The smallest absolute Gasteiger partial charge is 0.338 e. The van der Waals surface area contributed by atoms with Gasteiger partial charge in [-0.05, 0) is 24.3 Å². The Kier molecular flexibility index (Phi) is 6.56. The summed E-state index contributed by atoms with van der Waals surface area (Å²) in [6, 6.07) is 8.09. The predicted octanol–water partition coefficient (Wildman–Crippen LogP) is 0.953. The first-order valence-corrected chi connectivity index (χ1v) is 7.73. The summed E-state index contributed by atoms with van der Waals surface area (Å²) in [4.78, 5) is 25.3. The maximum Gasteiger partial charge on any atom is 0.338 e. The van der Waals surface area contributed by atoms with E-state index in [-0.39, 0.29) is 24.5 Å². The predicted molar refractivity (Wildman–Crippen MR) is 76.9 cm³/mol. The number of nitrogens with zero attached hydrogens (tertiary/aromatic N) is 2. The normalized spacial score (nSPS) is 11.3. The van der Waals surface area contributed by atoms with Gasteiger partial charge in [-0.2, -0.15) is 5.26 Å². The summed E-state index contributed by atoms with van der Waals surface area (Å²) in [6.45, 7) is -0.0773. The quantitative estimate of drug-likeness (QED) is 0.730. The van der Waals surface area contributed by atoms with Crippen LogP contribution in [0.4, 0.5) is 0 Å². The van der Waals surface area contributed by atoms with Gasteiger partial charge in [0.1, 0.15) is 0 Å². The van der Waals surface area contributed by atoms with Gasteiger partial charge in [-0.25, -0.2) is 4.79 Å². The summed E-state index contributed by atoms with van der Waals surface area (Å²) in [5.74, 6) is -0.990. The molecular formula is C14H16N2O4S. The molecule has 1 rings (SSSR count). The van der Waals surface area contributed by atoms with E-state index in [0.717, 1.165) is 0 Å². The molecule has 21 heavy (non-hydrogen) atoms. The minimum Gasteiger partial charge on any atom is -0.452 e. The number of rotatable bonds is 6. The van der Waals surface area contributed by atoms with Crippen LogP contribution in [0.15, 0.2) is 29.2 Å². The van der Waals surface area contributed by atoms with Gasteiger partial charge in [0, 0.05) is 35.5 Å². The lowest BCUT2D eigenvalue weighted by molar-refractivity contribution is -0.133. The average Bonchev–Trinajstić information content (AvgIpc) is 2.49. The number of hydrogen-bond donors (Lipinski definition) is 0. The van der Waals surface area contributed by atoms with Gasteiger partial charge in [0.15, 0.2) is 6.61 Å². The highest BCUT2D eigenvalue weighted by atomic mass is 32.2. The molecule has 1 aromatic carbocycles. The van der Waals surface area contributed by atoms with Crippen molar-refractivity contribution in [3.8, 4) is 6.07 Å². The number of nitriles is 1. The summed E-state index contributed by atoms with van der Waals surface area (Å²) in [6.07, 6.45) is 1.77. The Balaban J connectivity index is 2.52. The Labute approximate surface area is 125 Å². The Hall–Kier alpha value is -2.20. The summed E-state index contributed by atoms with van der Waals surface area (Å²) in [5.41, 5.74) is 0.289. The third kappa shape index (κ3) is 5.36. The minimum atomic E-state index is -1.11. The Morgan fingerprint density at radius 2 is 1.95 bits per heavy atom. The SMILES string of the molecule is CN(CCC#N)C(=O)COC(=O)c1ccc(S(C)=O)cc1. The average molecular weight is 308 g/mol. The van der Waals surface area contributed by atoms with Crippen LogP contribution in [0.5, 0.6) is 0 Å². The summed E-state index contributed by atoms with van der Waals surface area (Å²) >= 11 is 0. The zero-order valence-electron chi connectivity index (χ0n) is 11.9. The van der Waals surface area contributed by atoms with Crippen molar-refractivity contribution in [3.63, 3.8) is 0 Å². The van der Waals surface area contributed by atoms with E-state index in [9.17, 15) is 13.8 Å². The van der Waals surface area contributed by atoms with Crippen LogP contribution in [0.1, 0.15) is 16.8 Å². The van der Waals surface area contributed by atoms with E-state index in [1.165, 1.54) is 17.0 Å². The zero-order valence-corrected chi connectivity index (χ0v) is 12.7. The van der Waals surface area contributed by atoms with Gasteiger partial charge in [0.25, 0.3) is 5.91 Å². The number of ether oxygens (including phenoxy) is 1. The maximum atomic E-state index is 11.7. The van der Waals surface area contributed by atoms with E-state index < -0.39 is 16.8 Å². The molecule has 0 aliphatic carbocycles. The van der Waals surface area contributed by atoms with Crippen molar-refractivity contribution in [2.45, 2.75) is 11.3 Å². The number of carbonyl (C=O) groups is 2. The topological polar surface area (TPSA) is 87.5 Å². The lowest BCUT2D eigenvalue weighted by Crippen LogP contribution is -2.31. The molecule has 0 radical (unpaired) electrons. The second-order valence-electron chi connectivity index (χ2n) is 4.28. The number of esters is 1. The first kappa shape index (κ1) is 16.9. The van der Waals surface area contributed by atoms with Crippen LogP contribution in [0, 0.1) is 11.3 Å². The highest BCUT2D eigenvalue weighted by Gasteiger charge is 2.13. The van der Waals surface area contributed by atoms with Gasteiger partial charge in [0.05, 0.1) is 18.1 Å². The molecule has 7 heteroatoms. The second-order valence-corrected chi connectivity index (χ2v) is 5.66. The van der Waals surface area contributed by atoms with Gasteiger partial charge < -0.3 is 9.64 Å². The number of hydrogen-bond acceptors (Lipinski definition) is 5. The van der Waals surface area contributed by atoms with Gasteiger partial charge in [-0.1, -0.05) is 0 Å². The van der Waals surface area contributed by atoms with Gasteiger partial charge >= 0.3 is 5.97 Å². The number of benzene rings is 1. The van der Waals surface area contributed by atoms with E-state index in [4.69, 9.17) is 10.00 Å². The van der Waals surface area contributed by atoms with Crippen molar-refractivity contribution in [2.75, 3.05) is 26.5 Å². The van der Waals surface area contributed by atoms with E-state index in [1.54, 1.807) is 25.4 Å². The Morgan fingerprint density at radius 3 is 2.48 bits per heavy atom. The van der Waals surface area contributed by atoms with Crippen LogP contribution < -0.4 is 0 Å². The fraction of sp³-hybridized carbons (Fsp3) is 0.357. The molecule has 0 N–H and O–H groups in total. The lowest BCUT2D eigenvalue weighted by atomic mass is 10.2. The van der Waals surface area contributed by atoms with Crippen molar-refractivity contribution in [2.24, 2.45) is 0 Å². The fourth-order valence-electron chi connectivity index (χ4n) is 1.45. The fourth-order valence-corrected chi connectivity index (χ4v) is 1.97. The lowest BCUT2D eigenvalue weighted by Gasteiger charge is -2.15. The van der Waals surface area contributed by atoms with Crippen LogP contribution in [0.25, 0.3) is 0 Å². The number of carbonyl (C=O) groups excluding carboxylic acids is 2. The van der Waals surface area contributed by atoms with Crippen molar-refractivity contribution in [3.05, 3.63) is 29.8 Å². The summed E-state index contributed by atoms with van der Waals surface area (Å²) < 4.78 is 16.1. The summed E-state index contributed by atoms with van der Waals surface area (Å²) in [7, 11) is 0.430. The molecule has 0 heterocycles. The number of likely N-dealkylation sites (N-methyl/N-ethyl adjacent to an activating group) is 1. The molecule has 0 spiro atoms. The van der Waals surface area contributed by atoms with Crippen LogP contribution in [0.3, 0.4) is 0 Å². The van der Waals surface area contributed by atoms with Crippen LogP contribution in [0.2, 0.25) is 0 Å². The van der Waals surface area contributed by atoms with Crippen molar-refractivity contribution in [1.82, 2.24) is 4.90 Å². The molecule has 0 bridgehead atoms. The zero-order chi connectivity index (χ0) is 15.8. The molecular weight excluding hydrogens is 292 g/mol. The highest BCUT2D eigenvalue weighted by Crippen LogP contribution is 2.08. The van der Waals surface area contributed by atoms with Gasteiger partial charge in [-0.15, -0.1) is 0 Å². The van der Waals surface area contributed by atoms with E-state index in [2.05, 4.69) is 0 Å². The number of amides is 1. The van der Waals surface area contributed by atoms with Gasteiger partial charge in [-0.3, -0.25) is 9.00 Å². The molecule has 1 aromatic rings. The van der Waals surface area contributed by atoms with E-state index >= 15 is 0 Å². The molecule has 0 saturated heterocycles. The van der Waals surface area contributed by atoms with Gasteiger partial charge in [0.2, 0.25) is 0 Å². The van der Waals surface area contributed by atoms with Crippen LogP contribution in [-0.4, -0.2) is 47.4 Å². The summed E-state index contributed by atoms with van der Waals surface area (Å²) in [5, 5.41) is 8.43. The van der Waals surface area contributed by atoms with Crippen molar-refractivity contribution < 1.29 is 18.5 Å². The standard InChI is InChI=1S/C14H16N2O4S/c1-16(9-3-8-15)13(17)10-20-14(18)11-4-6-12(7-5-11)21(2)19/h4-7H,3,9-10H2,1-2H3. The molecule has 1 amide bonds. The minimum absolute atomic E-state index is 0.228. The second kappa shape index (κ2) is 8.17. The highest BCUT2D eigenvalue weighted by molar-refractivity contribution is 7.84. The third-order valence-electron chi connectivity index (χ3n) is 2.73. The van der Waals surface area contributed by atoms with Crippen LogP contribution in [-0.2, 0) is 20.3 Å². The third-order valence-corrected chi connectivity index (χ3v) is 3.67. The molecule has 112 valence electrons. The molecule has 6 nitrogen and oxygen atoms in total. The monoisotopic (exact) mass is 308 g/mol. The molecule has 0 aliphatic rings. The molecule has 1 unspecified atom stereocenters. The largest absolute Gasteiger partial charge is 0.452 e. The molecule has 0 saturated carbocycles. The van der Waals surface area contributed by atoms with E-state index in [1.807, 2.05) is 6.07 Å². The first-order chi connectivity index (χ1) is 9.95. The maximum absolute atomic E-state index is 11.7. The van der Waals surface area contributed by atoms with Crippen LogP contribution >= 0.6 is 0 Å². The molecule has 0 fully saturated rings.